The fourth-order valence-electron chi connectivity index (χ4n) is 1.16. The highest BCUT2D eigenvalue weighted by Gasteiger charge is 2.07. The van der Waals surface area contributed by atoms with E-state index in [1.807, 2.05) is 0 Å². The summed E-state index contributed by atoms with van der Waals surface area (Å²) in [5.41, 5.74) is 1.78. The molecule has 76 valence electrons. The van der Waals surface area contributed by atoms with E-state index in [2.05, 4.69) is 20.3 Å². The van der Waals surface area contributed by atoms with Crippen molar-refractivity contribution in [2.45, 2.75) is 0 Å². The van der Waals surface area contributed by atoms with Gasteiger partial charge in [-0.25, -0.2) is 0 Å². The Kier molecular flexibility index (Phi) is 2.64. The van der Waals surface area contributed by atoms with Crippen LogP contribution in [-0.4, -0.2) is 26.6 Å². The Morgan fingerprint density at radius 3 is 3.13 bits per heavy atom. The molecule has 0 atom stereocenters. The van der Waals surface area contributed by atoms with Crippen LogP contribution in [-0.2, 0) is 0 Å². The number of H-pyrrole nitrogens is 1. The van der Waals surface area contributed by atoms with Gasteiger partial charge in [-0.1, -0.05) is 16.8 Å². The molecule has 0 unspecified atom stereocenters. The number of aromatic amines is 1. The van der Waals surface area contributed by atoms with Gasteiger partial charge in [0, 0.05) is 6.20 Å². The summed E-state index contributed by atoms with van der Waals surface area (Å²) in [5, 5.41) is 18.4. The number of oxime groups is 1. The molecule has 0 spiro atoms. The zero-order valence-corrected chi connectivity index (χ0v) is 8.31. The van der Waals surface area contributed by atoms with Crippen molar-refractivity contribution in [3.63, 3.8) is 0 Å². The summed E-state index contributed by atoms with van der Waals surface area (Å²) >= 11 is 5.95. The van der Waals surface area contributed by atoms with Gasteiger partial charge in [-0.05, 0) is 18.2 Å². The number of nitrogens with one attached hydrogen (secondary N) is 1. The number of pyridine rings is 1. The van der Waals surface area contributed by atoms with Crippen molar-refractivity contribution in [2.24, 2.45) is 5.16 Å². The molecular formula is C9H7ClN4O. The van der Waals surface area contributed by atoms with E-state index in [0.717, 1.165) is 0 Å². The first-order valence-electron chi connectivity index (χ1n) is 4.15. The minimum atomic E-state index is 0.525. The van der Waals surface area contributed by atoms with Crippen LogP contribution in [0.15, 0.2) is 29.6 Å². The first kappa shape index (κ1) is 9.67. The van der Waals surface area contributed by atoms with Gasteiger partial charge >= 0.3 is 0 Å². The van der Waals surface area contributed by atoms with Crippen molar-refractivity contribution in [2.75, 3.05) is 0 Å². The van der Waals surface area contributed by atoms with E-state index in [1.165, 1.54) is 6.21 Å². The fraction of sp³-hybridized carbons (Fsp3) is 0. The fourth-order valence-corrected chi connectivity index (χ4v) is 1.38. The zero-order valence-electron chi connectivity index (χ0n) is 7.55. The van der Waals surface area contributed by atoms with Gasteiger partial charge in [-0.3, -0.25) is 10.1 Å². The predicted molar refractivity (Wildman–Crippen MR) is 56.2 cm³/mol. The number of aromatic nitrogens is 3. The van der Waals surface area contributed by atoms with Crippen LogP contribution in [0, 0.1) is 0 Å². The molecule has 2 heterocycles. The number of nitrogens with zero attached hydrogens (tertiary/aromatic N) is 3. The Hall–Kier alpha value is -1.88. The monoisotopic (exact) mass is 222 g/mol. The smallest absolute Gasteiger partial charge is 0.113 e. The van der Waals surface area contributed by atoms with E-state index in [4.69, 9.17) is 16.8 Å². The Balaban J connectivity index is 2.42. The first-order chi connectivity index (χ1) is 7.31. The summed E-state index contributed by atoms with van der Waals surface area (Å²) in [7, 11) is 0. The molecule has 0 aliphatic carbocycles. The molecule has 0 fully saturated rings. The molecule has 0 aromatic carbocycles. The topological polar surface area (TPSA) is 74.2 Å². The average Bonchev–Trinajstić information content (AvgIpc) is 2.68. The SMILES string of the molecule is O/N=C/c1cc(-c2ncccc2Cl)n[nH]1. The lowest BCUT2D eigenvalue weighted by atomic mass is 10.2. The highest BCUT2D eigenvalue weighted by Crippen LogP contribution is 2.23. The van der Waals surface area contributed by atoms with E-state index in [0.29, 0.717) is 22.1 Å². The maximum atomic E-state index is 8.33. The Morgan fingerprint density at radius 1 is 1.53 bits per heavy atom. The van der Waals surface area contributed by atoms with Crippen LogP contribution < -0.4 is 0 Å². The minimum Gasteiger partial charge on any atom is -0.411 e. The molecule has 0 saturated carbocycles. The first-order valence-corrected chi connectivity index (χ1v) is 4.53. The van der Waals surface area contributed by atoms with Gasteiger partial charge in [0.15, 0.2) is 0 Å². The quantitative estimate of drug-likeness (QED) is 0.463. The summed E-state index contributed by atoms with van der Waals surface area (Å²) < 4.78 is 0. The third-order valence-electron chi connectivity index (χ3n) is 1.80. The molecular weight excluding hydrogens is 216 g/mol. The van der Waals surface area contributed by atoms with E-state index in [9.17, 15) is 0 Å². The Labute approximate surface area is 90.4 Å². The third-order valence-corrected chi connectivity index (χ3v) is 2.10. The maximum Gasteiger partial charge on any atom is 0.113 e. The van der Waals surface area contributed by atoms with Crippen LogP contribution in [0.5, 0.6) is 0 Å². The molecule has 0 aliphatic rings. The van der Waals surface area contributed by atoms with Crippen LogP contribution in [0.3, 0.4) is 0 Å². The van der Waals surface area contributed by atoms with Gasteiger partial charge in [0.1, 0.15) is 11.4 Å². The second-order valence-electron chi connectivity index (χ2n) is 2.79. The average molecular weight is 223 g/mol. The van der Waals surface area contributed by atoms with Crippen molar-refractivity contribution in [3.8, 4) is 11.4 Å². The van der Waals surface area contributed by atoms with Gasteiger partial charge in [0.2, 0.25) is 0 Å². The molecule has 0 amide bonds. The Morgan fingerprint density at radius 2 is 2.40 bits per heavy atom. The largest absolute Gasteiger partial charge is 0.411 e. The zero-order chi connectivity index (χ0) is 10.7. The summed E-state index contributed by atoms with van der Waals surface area (Å²) in [5.74, 6) is 0. The molecule has 0 radical (unpaired) electrons. The molecule has 2 aromatic heterocycles. The maximum absolute atomic E-state index is 8.33. The van der Waals surface area contributed by atoms with Gasteiger partial charge in [-0.15, -0.1) is 0 Å². The molecule has 2 aromatic rings. The lowest BCUT2D eigenvalue weighted by molar-refractivity contribution is 0.321. The molecule has 5 nitrogen and oxygen atoms in total. The lowest BCUT2D eigenvalue weighted by Crippen LogP contribution is -1.83. The highest BCUT2D eigenvalue weighted by atomic mass is 35.5. The number of hydrogen-bond donors (Lipinski definition) is 2. The van der Waals surface area contributed by atoms with Crippen LogP contribution in [0.4, 0.5) is 0 Å². The van der Waals surface area contributed by atoms with Crippen molar-refractivity contribution in [1.82, 2.24) is 15.2 Å². The van der Waals surface area contributed by atoms with Crippen molar-refractivity contribution < 1.29 is 5.21 Å². The second kappa shape index (κ2) is 4.10. The highest BCUT2D eigenvalue weighted by molar-refractivity contribution is 6.32. The molecule has 0 aliphatic heterocycles. The van der Waals surface area contributed by atoms with Gasteiger partial charge < -0.3 is 5.21 Å². The molecule has 2 N–H and O–H groups in total. The van der Waals surface area contributed by atoms with E-state index in [1.54, 1.807) is 24.4 Å². The summed E-state index contributed by atoms with van der Waals surface area (Å²) in [6, 6.07) is 5.17. The standard InChI is InChI=1S/C9H7ClN4O/c10-7-2-1-3-11-9(7)8-4-6(5-12-15)13-14-8/h1-5,15H,(H,13,14)/b12-5+. The Bertz CT molecular complexity index is 494. The van der Waals surface area contributed by atoms with Crippen LogP contribution in [0.2, 0.25) is 5.02 Å². The minimum absolute atomic E-state index is 0.525. The predicted octanol–water partition coefficient (Wildman–Crippen LogP) is 1.93. The van der Waals surface area contributed by atoms with E-state index < -0.39 is 0 Å². The molecule has 2 rings (SSSR count). The number of hydrogen-bond acceptors (Lipinski definition) is 4. The third kappa shape index (κ3) is 1.97. The normalized spacial score (nSPS) is 11.0. The molecule has 15 heavy (non-hydrogen) atoms. The van der Waals surface area contributed by atoms with Crippen LogP contribution in [0.25, 0.3) is 11.4 Å². The number of rotatable bonds is 2. The lowest BCUT2D eigenvalue weighted by Gasteiger charge is -1.96. The van der Waals surface area contributed by atoms with Gasteiger partial charge in [0.05, 0.1) is 16.9 Å². The van der Waals surface area contributed by atoms with E-state index in [-0.39, 0.29) is 0 Å². The van der Waals surface area contributed by atoms with Crippen molar-refractivity contribution in [3.05, 3.63) is 35.1 Å². The van der Waals surface area contributed by atoms with Crippen LogP contribution >= 0.6 is 11.6 Å². The summed E-state index contributed by atoms with van der Waals surface area (Å²) in [6.45, 7) is 0. The number of halogens is 1. The van der Waals surface area contributed by atoms with Gasteiger partial charge in [-0.2, -0.15) is 5.10 Å². The molecule has 6 heteroatoms. The second-order valence-corrected chi connectivity index (χ2v) is 3.19. The summed E-state index contributed by atoms with van der Waals surface area (Å²) in [6.07, 6.45) is 2.88. The van der Waals surface area contributed by atoms with Crippen molar-refractivity contribution >= 4 is 17.8 Å². The van der Waals surface area contributed by atoms with Crippen molar-refractivity contribution in [1.29, 1.82) is 0 Å². The molecule has 0 bridgehead atoms. The van der Waals surface area contributed by atoms with Gasteiger partial charge in [0.25, 0.3) is 0 Å². The summed E-state index contributed by atoms with van der Waals surface area (Å²) in [4.78, 5) is 4.10. The van der Waals surface area contributed by atoms with Crippen LogP contribution in [0.1, 0.15) is 5.69 Å². The molecule has 0 saturated heterocycles. The van der Waals surface area contributed by atoms with E-state index >= 15 is 0 Å².